The Hall–Kier alpha value is -1.52. The molecule has 0 amide bonds. The fourth-order valence-corrected chi connectivity index (χ4v) is 1.52. The van der Waals surface area contributed by atoms with Crippen LogP contribution in [0, 0.1) is 0 Å². The lowest BCUT2D eigenvalue weighted by Crippen LogP contribution is -1.70. The Balaban J connectivity index is 2.75. The number of aromatic nitrogens is 2. The summed E-state index contributed by atoms with van der Waals surface area (Å²) in [4.78, 5) is 2.72. The Labute approximate surface area is 81.5 Å². The molecule has 0 aliphatic carbocycles. The first-order valence-electron chi connectivity index (χ1n) is 3.49. The van der Waals surface area contributed by atoms with Crippen molar-refractivity contribution < 1.29 is 0 Å². The highest BCUT2D eigenvalue weighted by Gasteiger charge is 2.01. The molecule has 0 saturated heterocycles. The average molecular weight is 238 g/mol. The number of halogens is 1. The van der Waals surface area contributed by atoms with Crippen molar-refractivity contribution >= 4 is 32.5 Å². The van der Waals surface area contributed by atoms with Crippen LogP contribution in [0.2, 0.25) is 0 Å². The second kappa shape index (κ2) is 3.08. The summed E-state index contributed by atoms with van der Waals surface area (Å²) in [5.41, 5.74) is 9.69. The van der Waals surface area contributed by atoms with Gasteiger partial charge in [0.05, 0.1) is 17.4 Å². The lowest BCUT2D eigenvalue weighted by molar-refractivity contribution is 1.12. The van der Waals surface area contributed by atoms with E-state index in [-0.39, 0.29) is 0 Å². The van der Waals surface area contributed by atoms with Crippen molar-refractivity contribution in [2.45, 2.75) is 0 Å². The molecule has 0 spiro atoms. The van der Waals surface area contributed by atoms with Gasteiger partial charge in [0.25, 0.3) is 0 Å². The standard InChI is InChI=1S/C7H4BrN5/c8-5-1-4-3-10-11-6(4)2-7(5)12-13-9/h1-3H,(H,10,11). The van der Waals surface area contributed by atoms with Gasteiger partial charge in [-0.1, -0.05) is 21.0 Å². The van der Waals surface area contributed by atoms with Crippen molar-refractivity contribution in [2.24, 2.45) is 5.11 Å². The van der Waals surface area contributed by atoms with Crippen LogP contribution >= 0.6 is 15.9 Å². The van der Waals surface area contributed by atoms with Crippen molar-refractivity contribution in [2.75, 3.05) is 0 Å². The molecule has 0 radical (unpaired) electrons. The van der Waals surface area contributed by atoms with Crippen molar-refractivity contribution in [1.29, 1.82) is 0 Å². The summed E-state index contributed by atoms with van der Waals surface area (Å²) in [7, 11) is 0. The molecule has 2 aromatic rings. The van der Waals surface area contributed by atoms with E-state index < -0.39 is 0 Å². The number of nitrogens with zero attached hydrogens (tertiary/aromatic N) is 4. The Morgan fingerprint density at radius 1 is 1.54 bits per heavy atom. The molecule has 0 saturated carbocycles. The molecule has 1 aromatic heterocycles. The maximum absolute atomic E-state index is 8.28. The molecular formula is C7H4BrN5. The lowest BCUT2D eigenvalue weighted by atomic mass is 10.2. The topological polar surface area (TPSA) is 77.4 Å². The summed E-state index contributed by atoms with van der Waals surface area (Å²) < 4.78 is 0.763. The molecule has 0 aliphatic heterocycles. The van der Waals surface area contributed by atoms with E-state index in [1.165, 1.54) is 0 Å². The molecule has 0 fully saturated rings. The van der Waals surface area contributed by atoms with E-state index in [0.29, 0.717) is 5.69 Å². The Kier molecular flexibility index (Phi) is 1.92. The van der Waals surface area contributed by atoms with E-state index in [4.69, 9.17) is 5.53 Å². The van der Waals surface area contributed by atoms with Gasteiger partial charge in [-0.2, -0.15) is 5.10 Å². The van der Waals surface area contributed by atoms with E-state index in [1.54, 1.807) is 12.3 Å². The number of hydrogen-bond donors (Lipinski definition) is 1. The van der Waals surface area contributed by atoms with E-state index in [1.807, 2.05) is 6.07 Å². The maximum Gasteiger partial charge on any atom is 0.0655 e. The van der Waals surface area contributed by atoms with Gasteiger partial charge in [0.1, 0.15) is 0 Å². The molecule has 1 heterocycles. The van der Waals surface area contributed by atoms with Crippen molar-refractivity contribution in [3.05, 3.63) is 33.2 Å². The van der Waals surface area contributed by atoms with Crippen molar-refractivity contribution in [3.8, 4) is 0 Å². The normalized spacial score (nSPS) is 9.92. The van der Waals surface area contributed by atoms with Crippen LogP contribution in [0.5, 0.6) is 0 Å². The van der Waals surface area contributed by atoms with Gasteiger partial charge in [0, 0.05) is 14.8 Å². The smallest absolute Gasteiger partial charge is 0.0655 e. The quantitative estimate of drug-likeness (QED) is 0.461. The minimum atomic E-state index is 0.555. The third kappa shape index (κ3) is 1.37. The van der Waals surface area contributed by atoms with Gasteiger partial charge in [-0.15, -0.1) is 0 Å². The summed E-state index contributed by atoms with van der Waals surface area (Å²) in [6.45, 7) is 0. The van der Waals surface area contributed by atoms with Crippen LogP contribution in [-0.4, -0.2) is 10.2 Å². The zero-order valence-electron chi connectivity index (χ0n) is 6.40. The van der Waals surface area contributed by atoms with Crippen LogP contribution in [0.15, 0.2) is 27.9 Å². The summed E-state index contributed by atoms with van der Waals surface area (Å²) in [6.07, 6.45) is 1.71. The SMILES string of the molecule is [N-]=[N+]=Nc1cc2[nH]ncc2cc1Br. The molecule has 2 rings (SSSR count). The largest absolute Gasteiger partial charge is 0.278 e. The van der Waals surface area contributed by atoms with Crippen LogP contribution < -0.4 is 0 Å². The number of fused-ring (bicyclic) bond motifs is 1. The highest BCUT2D eigenvalue weighted by Crippen LogP contribution is 2.29. The summed E-state index contributed by atoms with van der Waals surface area (Å²) in [6, 6.07) is 3.59. The number of nitrogens with one attached hydrogen (secondary N) is 1. The van der Waals surface area contributed by atoms with E-state index in [0.717, 1.165) is 15.4 Å². The highest BCUT2D eigenvalue weighted by molar-refractivity contribution is 9.10. The van der Waals surface area contributed by atoms with Crippen LogP contribution in [-0.2, 0) is 0 Å². The van der Waals surface area contributed by atoms with Crippen LogP contribution in [0.4, 0.5) is 5.69 Å². The zero-order valence-corrected chi connectivity index (χ0v) is 7.98. The number of rotatable bonds is 1. The number of benzene rings is 1. The Morgan fingerprint density at radius 2 is 2.38 bits per heavy atom. The molecule has 0 aliphatic rings. The highest BCUT2D eigenvalue weighted by atomic mass is 79.9. The predicted octanol–water partition coefficient (Wildman–Crippen LogP) is 3.27. The van der Waals surface area contributed by atoms with Crippen LogP contribution in [0.1, 0.15) is 0 Å². The lowest BCUT2D eigenvalue weighted by Gasteiger charge is -1.95. The van der Waals surface area contributed by atoms with Crippen LogP contribution in [0.25, 0.3) is 21.3 Å². The molecular weight excluding hydrogens is 234 g/mol. The molecule has 13 heavy (non-hydrogen) atoms. The molecule has 0 unspecified atom stereocenters. The van der Waals surface area contributed by atoms with Gasteiger partial charge in [-0.25, -0.2) is 0 Å². The molecule has 0 atom stereocenters. The van der Waals surface area contributed by atoms with E-state index >= 15 is 0 Å². The number of aromatic amines is 1. The third-order valence-electron chi connectivity index (χ3n) is 1.66. The monoisotopic (exact) mass is 237 g/mol. The zero-order chi connectivity index (χ0) is 9.26. The van der Waals surface area contributed by atoms with Gasteiger partial charge in [0.15, 0.2) is 0 Å². The molecule has 1 aromatic carbocycles. The summed E-state index contributed by atoms with van der Waals surface area (Å²) in [5.74, 6) is 0. The average Bonchev–Trinajstić information content (AvgIpc) is 2.52. The first-order valence-corrected chi connectivity index (χ1v) is 4.28. The minimum Gasteiger partial charge on any atom is -0.278 e. The molecule has 5 nitrogen and oxygen atoms in total. The second-order valence-corrected chi connectivity index (χ2v) is 3.30. The molecule has 1 N–H and O–H groups in total. The second-order valence-electron chi connectivity index (χ2n) is 2.45. The van der Waals surface area contributed by atoms with Gasteiger partial charge < -0.3 is 0 Å². The minimum absolute atomic E-state index is 0.555. The van der Waals surface area contributed by atoms with Gasteiger partial charge in [-0.05, 0) is 17.7 Å². The molecule has 0 bridgehead atoms. The van der Waals surface area contributed by atoms with Crippen LogP contribution in [0.3, 0.4) is 0 Å². The molecule has 64 valence electrons. The van der Waals surface area contributed by atoms with E-state index in [2.05, 4.69) is 36.2 Å². The number of H-pyrrole nitrogens is 1. The summed E-state index contributed by atoms with van der Waals surface area (Å²) in [5, 5.41) is 11.2. The fraction of sp³-hybridized carbons (Fsp3) is 0. The van der Waals surface area contributed by atoms with Gasteiger partial charge in [-0.3, -0.25) is 5.10 Å². The third-order valence-corrected chi connectivity index (χ3v) is 2.30. The first-order chi connectivity index (χ1) is 6.31. The number of hydrogen-bond acceptors (Lipinski definition) is 2. The first kappa shape index (κ1) is 8.10. The Morgan fingerprint density at radius 3 is 3.15 bits per heavy atom. The summed E-state index contributed by atoms with van der Waals surface area (Å²) >= 11 is 3.30. The predicted molar refractivity (Wildman–Crippen MR) is 52.6 cm³/mol. The maximum atomic E-state index is 8.28. The number of azide groups is 1. The van der Waals surface area contributed by atoms with Gasteiger partial charge >= 0.3 is 0 Å². The Bertz CT molecular complexity index is 497. The fourth-order valence-electron chi connectivity index (χ4n) is 1.08. The van der Waals surface area contributed by atoms with E-state index in [9.17, 15) is 0 Å². The van der Waals surface area contributed by atoms with Crippen molar-refractivity contribution in [3.63, 3.8) is 0 Å². The molecule has 6 heteroatoms. The van der Waals surface area contributed by atoms with Gasteiger partial charge in [0.2, 0.25) is 0 Å². The van der Waals surface area contributed by atoms with Crippen molar-refractivity contribution in [1.82, 2.24) is 10.2 Å².